The summed E-state index contributed by atoms with van der Waals surface area (Å²) in [5.74, 6) is 0.0986. The van der Waals surface area contributed by atoms with E-state index in [9.17, 15) is 4.79 Å². The van der Waals surface area contributed by atoms with Gasteiger partial charge in [0, 0.05) is 37.3 Å². The zero-order valence-corrected chi connectivity index (χ0v) is 14.1. The molecule has 3 aromatic heterocycles. The van der Waals surface area contributed by atoms with Gasteiger partial charge in [-0.05, 0) is 35.6 Å². The molecule has 6 nitrogen and oxygen atoms in total. The zero-order chi connectivity index (χ0) is 16.5. The second-order valence-corrected chi connectivity index (χ2v) is 6.94. The quantitative estimate of drug-likeness (QED) is 0.758. The summed E-state index contributed by atoms with van der Waals surface area (Å²) in [6.07, 6.45) is 2.89. The maximum Gasteiger partial charge on any atom is 0.257 e. The standard InChI is InChI=1S/C17H19N5OS/c18-16-15(13-3-1-2-7-22(13)20-16)17(23)19-6-9-21-8-4-14-12(11-21)5-10-24-14/h1-3,5,7,10H,4,6,8-9,11H2,(H2,18,20)(H,19,23). The van der Waals surface area contributed by atoms with Crippen molar-refractivity contribution in [1.82, 2.24) is 19.8 Å². The summed E-state index contributed by atoms with van der Waals surface area (Å²) < 4.78 is 1.63. The maximum absolute atomic E-state index is 12.5. The molecule has 0 spiro atoms. The monoisotopic (exact) mass is 341 g/mol. The number of nitrogen functional groups attached to an aromatic ring is 1. The fourth-order valence-corrected chi connectivity index (χ4v) is 4.05. The highest BCUT2D eigenvalue weighted by atomic mass is 32.1. The lowest BCUT2D eigenvalue weighted by atomic mass is 10.1. The number of rotatable bonds is 4. The highest BCUT2D eigenvalue weighted by Gasteiger charge is 2.19. The first kappa shape index (κ1) is 15.2. The summed E-state index contributed by atoms with van der Waals surface area (Å²) in [5.41, 5.74) is 8.51. The Kier molecular flexibility index (Phi) is 3.95. The van der Waals surface area contributed by atoms with Gasteiger partial charge < -0.3 is 11.1 Å². The fourth-order valence-electron chi connectivity index (χ4n) is 3.16. The molecule has 24 heavy (non-hydrogen) atoms. The Morgan fingerprint density at radius 1 is 1.38 bits per heavy atom. The van der Waals surface area contributed by atoms with Crippen LogP contribution in [-0.4, -0.2) is 40.1 Å². The summed E-state index contributed by atoms with van der Waals surface area (Å²) >= 11 is 1.84. The molecule has 0 aliphatic carbocycles. The normalized spacial score (nSPS) is 14.7. The molecule has 0 unspecified atom stereocenters. The lowest BCUT2D eigenvalue weighted by Gasteiger charge is -2.26. The molecule has 0 fully saturated rings. The third kappa shape index (κ3) is 2.76. The van der Waals surface area contributed by atoms with Crippen molar-refractivity contribution >= 4 is 28.6 Å². The van der Waals surface area contributed by atoms with E-state index in [2.05, 4.69) is 26.8 Å². The van der Waals surface area contributed by atoms with Gasteiger partial charge in [-0.1, -0.05) is 6.07 Å². The molecule has 3 aromatic rings. The second-order valence-electron chi connectivity index (χ2n) is 5.94. The molecule has 4 rings (SSSR count). The van der Waals surface area contributed by atoms with E-state index in [0.717, 1.165) is 31.6 Å². The van der Waals surface area contributed by atoms with Crippen molar-refractivity contribution in [1.29, 1.82) is 0 Å². The third-order valence-corrected chi connectivity index (χ3v) is 5.42. The number of hydrogen-bond acceptors (Lipinski definition) is 5. The maximum atomic E-state index is 12.5. The molecule has 0 bridgehead atoms. The van der Waals surface area contributed by atoms with Gasteiger partial charge in [0.1, 0.15) is 5.56 Å². The van der Waals surface area contributed by atoms with Crippen molar-refractivity contribution in [2.45, 2.75) is 13.0 Å². The van der Waals surface area contributed by atoms with E-state index < -0.39 is 0 Å². The number of anilines is 1. The van der Waals surface area contributed by atoms with Gasteiger partial charge in [-0.3, -0.25) is 9.69 Å². The fraction of sp³-hybridized carbons (Fsp3) is 0.294. The molecule has 1 aliphatic rings. The summed E-state index contributed by atoms with van der Waals surface area (Å²) in [7, 11) is 0. The van der Waals surface area contributed by atoms with Crippen LogP contribution in [0.3, 0.4) is 0 Å². The average Bonchev–Trinajstić information content (AvgIpc) is 3.17. The van der Waals surface area contributed by atoms with Gasteiger partial charge in [0.15, 0.2) is 5.82 Å². The minimum Gasteiger partial charge on any atom is -0.382 e. The van der Waals surface area contributed by atoms with E-state index in [1.807, 2.05) is 29.5 Å². The van der Waals surface area contributed by atoms with Gasteiger partial charge in [0.25, 0.3) is 5.91 Å². The number of nitrogens with two attached hydrogens (primary N) is 1. The molecule has 0 saturated heterocycles. The lowest BCUT2D eigenvalue weighted by molar-refractivity contribution is 0.0950. The van der Waals surface area contributed by atoms with Crippen LogP contribution in [0.25, 0.3) is 5.52 Å². The van der Waals surface area contributed by atoms with Crippen LogP contribution in [0.15, 0.2) is 35.8 Å². The number of carbonyl (C=O) groups excluding carboxylic acids is 1. The Balaban J connectivity index is 1.38. The van der Waals surface area contributed by atoms with Gasteiger partial charge in [-0.15, -0.1) is 16.4 Å². The average molecular weight is 341 g/mol. The van der Waals surface area contributed by atoms with Gasteiger partial charge >= 0.3 is 0 Å². The Morgan fingerprint density at radius 3 is 3.21 bits per heavy atom. The van der Waals surface area contributed by atoms with Crippen LogP contribution in [0.2, 0.25) is 0 Å². The predicted molar refractivity (Wildman–Crippen MR) is 95.2 cm³/mol. The SMILES string of the molecule is Nc1nn2ccccc2c1C(=O)NCCN1CCc2sccc2C1. The Labute approximate surface area is 143 Å². The van der Waals surface area contributed by atoms with Crippen LogP contribution in [0, 0.1) is 0 Å². The molecule has 124 valence electrons. The van der Waals surface area contributed by atoms with E-state index in [4.69, 9.17) is 5.73 Å². The number of thiophene rings is 1. The molecule has 7 heteroatoms. The Hall–Kier alpha value is -2.38. The van der Waals surface area contributed by atoms with Crippen molar-refractivity contribution in [2.75, 3.05) is 25.4 Å². The topological polar surface area (TPSA) is 75.7 Å². The first-order valence-electron chi connectivity index (χ1n) is 8.01. The first-order valence-corrected chi connectivity index (χ1v) is 8.89. The minimum atomic E-state index is -0.165. The van der Waals surface area contributed by atoms with Crippen molar-refractivity contribution in [3.63, 3.8) is 0 Å². The van der Waals surface area contributed by atoms with Gasteiger partial charge in [0.05, 0.1) is 5.52 Å². The van der Waals surface area contributed by atoms with Crippen LogP contribution in [-0.2, 0) is 13.0 Å². The van der Waals surface area contributed by atoms with Crippen LogP contribution < -0.4 is 11.1 Å². The first-order chi connectivity index (χ1) is 11.7. The molecule has 4 heterocycles. The number of fused-ring (bicyclic) bond motifs is 2. The van der Waals surface area contributed by atoms with E-state index in [0.29, 0.717) is 12.1 Å². The molecular weight excluding hydrogens is 322 g/mol. The molecular formula is C17H19N5OS. The van der Waals surface area contributed by atoms with Crippen LogP contribution in [0.4, 0.5) is 5.82 Å². The van der Waals surface area contributed by atoms with Crippen molar-refractivity contribution < 1.29 is 4.79 Å². The zero-order valence-electron chi connectivity index (χ0n) is 13.2. The second kappa shape index (κ2) is 6.26. The van der Waals surface area contributed by atoms with Crippen LogP contribution >= 0.6 is 11.3 Å². The van der Waals surface area contributed by atoms with Crippen LogP contribution in [0.5, 0.6) is 0 Å². The van der Waals surface area contributed by atoms with E-state index in [1.54, 1.807) is 10.7 Å². The highest BCUT2D eigenvalue weighted by Crippen LogP contribution is 2.23. The van der Waals surface area contributed by atoms with Crippen LogP contribution in [0.1, 0.15) is 20.8 Å². The number of hydrogen-bond donors (Lipinski definition) is 2. The summed E-state index contributed by atoms with van der Waals surface area (Å²) in [5, 5.41) is 9.30. The number of nitrogens with zero attached hydrogens (tertiary/aromatic N) is 3. The number of amides is 1. The molecule has 0 aromatic carbocycles. The lowest BCUT2D eigenvalue weighted by Crippen LogP contribution is -2.37. The van der Waals surface area contributed by atoms with Gasteiger partial charge in [-0.25, -0.2) is 4.52 Å². The molecule has 1 amide bonds. The Bertz CT molecular complexity index is 884. The molecule has 1 aliphatic heterocycles. The summed E-state index contributed by atoms with van der Waals surface area (Å²) in [6, 6.07) is 7.78. The molecule has 0 atom stereocenters. The largest absolute Gasteiger partial charge is 0.382 e. The smallest absolute Gasteiger partial charge is 0.257 e. The van der Waals surface area contributed by atoms with Crippen molar-refractivity contribution in [3.8, 4) is 0 Å². The third-order valence-electron chi connectivity index (χ3n) is 4.39. The Morgan fingerprint density at radius 2 is 2.29 bits per heavy atom. The summed E-state index contributed by atoms with van der Waals surface area (Å²) in [4.78, 5) is 16.3. The summed E-state index contributed by atoms with van der Waals surface area (Å²) in [6.45, 7) is 3.44. The van der Waals surface area contributed by atoms with E-state index in [1.165, 1.54) is 10.4 Å². The number of carbonyl (C=O) groups is 1. The minimum absolute atomic E-state index is 0.165. The van der Waals surface area contributed by atoms with Gasteiger partial charge in [0.2, 0.25) is 0 Å². The van der Waals surface area contributed by atoms with E-state index >= 15 is 0 Å². The van der Waals surface area contributed by atoms with Crippen molar-refractivity contribution in [3.05, 3.63) is 51.8 Å². The van der Waals surface area contributed by atoms with E-state index in [-0.39, 0.29) is 11.7 Å². The van der Waals surface area contributed by atoms with Crippen molar-refractivity contribution in [2.24, 2.45) is 0 Å². The number of aromatic nitrogens is 2. The highest BCUT2D eigenvalue weighted by molar-refractivity contribution is 7.10. The molecule has 0 saturated carbocycles. The number of nitrogens with one attached hydrogen (secondary N) is 1. The number of pyridine rings is 1. The van der Waals surface area contributed by atoms with Gasteiger partial charge in [-0.2, -0.15) is 0 Å². The molecule has 3 N–H and O–H groups in total. The molecule has 0 radical (unpaired) electrons. The predicted octanol–water partition coefficient (Wildman–Crippen LogP) is 1.77.